The molecule has 0 aliphatic rings. The highest BCUT2D eigenvalue weighted by Crippen LogP contribution is 2.30. The van der Waals surface area contributed by atoms with Crippen LogP contribution in [-0.4, -0.2) is 12.0 Å². The zero-order valence-electron chi connectivity index (χ0n) is 12.2. The first-order chi connectivity index (χ1) is 10.1. The molecule has 0 bridgehead atoms. The molecule has 0 fully saturated rings. The van der Waals surface area contributed by atoms with Crippen molar-refractivity contribution in [2.75, 3.05) is 0 Å². The van der Waals surface area contributed by atoms with Gasteiger partial charge in [0, 0.05) is 5.41 Å². The highest BCUT2D eigenvalue weighted by Gasteiger charge is 2.38. The maximum absolute atomic E-state index is 12.2. The van der Waals surface area contributed by atoms with E-state index < -0.39 is 11.5 Å². The van der Waals surface area contributed by atoms with Crippen LogP contribution in [0.5, 0.6) is 5.75 Å². The lowest BCUT2D eigenvalue weighted by molar-refractivity contribution is -0.130. The van der Waals surface area contributed by atoms with Crippen LogP contribution in [0, 0.1) is 0 Å². The molecule has 0 heterocycles. The maximum Gasteiger partial charge on any atom is 0.275 e. The molecule has 2 aromatic rings. The third-order valence-corrected chi connectivity index (χ3v) is 3.55. The van der Waals surface area contributed by atoms with Crippen LogP contribution in [0.3, 0.4) is 0 Å². The lowest BCUT2D eigenvalue weighted by Gasteiger charge is -2.33. The number of rotatable bonds is 5. The lowest BCUT2D eigenvalue weighted by Crippen LogP contribution is -2.51. The number of para-hydroxylation sites is 1. The molecule has 1 atom stereocenters. The van der Waals surface area contributed by atoms with E-state index in [1.54, 1.807) is 0 Å². The van der Waals surface area contributed by atoms with Crippen LogP contribution in [-0.2, 0) is 10.2 Å². The number of ether oxygens (including phenoxy) is 1. The van der Waals surface area contributed by atoms with E-state index in [0.29, 0.717) is 5.75 Å². The first kappa shape index (κ1) is 15.1. The first-order valence-electron chi connectivity index (χ1n) is 6.83. The predicted octanol–water partition coefficient (Wildman–Crippen LogP) is 2.40. The molecule has 0 radical (unpaired) electrons. The van der Waals surface area contributed by atoms with Crippen LogP contribution in [0.2, 0.25) is 0 Å². The molecule has 3 N–H and O–H groups in total. The molecule has 0 saturated heterocycles. The number of hydrogen-bond acceptors (Lipinski definition) is 3. The Kier molecular flexibility index (Phi) is 4.60. The van der Waals surface area contributed by atoms with Crippen LogP contribution >= 0.6 is 0 Å². The molecule has 0 aliphatic heterocycles. The van der Waals surface area contributed by atoms with Gasteiger partial charge in [-0.1, -0.05) is 62.4 Å². The molecule has 2 rings (SSSR count). The topological polar surface area (TPSA) is 64.3 Å². The average Bonchev–Trinajstić information content (AvgIpc) is 2.53. The van der Waals surface area contributed by atoms with Gasteiger partial charge in [-0.2, -0.15) is 0 Å². The normalized spacial score (nSPS) is 12.5. The van der Waals surface area contributed by atoms with Gasteiger partial charge in [-0.15, -0.1) is 0 Å². The second-order valence-electron chi connectivity index (χ2n) is 5.41. The summed E-state index contributed by atoms with van der Waals surface area (Å²) in [6, 6.07) is 19.0. The monoisotopic (exact) mass is 284 g/mol. The van der Waals surface area contributed by atoms with Crippen LogP contribution in [0.25, 0.3) is 0 Å². The molecule has 0 aliphatic carbocycles. The molecule has 4 nitrogen and oxygen atoms in total. The fourth-order valence-electron chi connectivity index (χ4n) is 2.26. The predicted molar refractivity (Wildman–Crippen MR) is 82.7 cm³/mol. The molecule has 0 spiro atoms. The van der Waals surface area contributed by atoms with Crippen molar-refractivity contribution in [1.82, 2.24) is 5.43 Å². The van der Waals surface area contributed by atoms with Crippen LogP contribution in [0.15, 0.2) is 60.7 Å². The van der Waals surface area contributed by atoms with Crippen molar-refractivity contribution in [1.29, 1.82) is 0 Å². The van der Waals surface area contributed by atoms with Crippen molar-refractivity contribution < 1.29 is 9.53 Å². The van der Waals surface area contributed by atoms with Gasteiger partial charge in [-0.05, 0) is 17.7 Å². The summed E-state index contributed by atoms with van der Waals surface area (Å²) in [6.07, 6.45) is -0.729. The zero-order valence-corrected chi connectivity index (χ0v) is 12.2. The Hall–Kier alpha value is -2.33. The molecule has 0 aromatic heterocycles. The van der Waals surface area contributed by atoms with E-state index in [-0.39, 0.29) is 5.91 Å². The van der Waals surface area contributed by atoms with Gasteiger partial charge >= 0.3 is 0 Å². The zero-order chi connectivity index (χ0) is 15.3. The number of benzene rings is 2. The summed E-state index contributed by atoms with van der Waals surface area (Å²) in [5.41, 5.74) is 2.68. The molecule has 1 unspecified atom stereocenters. The molecule has 0 saturated carbocycles. The Balaban J connectivity index is 2.34. The summed E-state index contributed by atoms with van der Waals surface area (Å²) in [7, 11) is 0. The van der Waals surface area contributed by atoms with Crippen molar-refractivity contribution in [2.24, 2.45) is 5.84 Å². The number of nitrogens with one attached hydrogen (secondary N) is 1. The van der Waals surface area contributed by atoms with E-state index in [1.807, 2.05) is 74.5 Å². The fraction of sp³-hybridized carbons (Fsp3) is 0.235. The third-order valence-electron chi connectivity index (χ3n) is 3.55. The lowest BCUT2D eigenvalue weighted by atomic mass is 9.79. The Morgan fingerprint density at radius 2 is 1.57 bits per heavy atom. The number of carbonyl (C=O) groups excluding carboxylic acids is 1. The van der Waals surface area contributed by atoms with Crippen molar-refractivity contribution >= 4 is 5.91 Å². The van der Waals surface area contributed by atoms with Crippen molar-refractivity contribution in [3.05, 3.63) is 66.2 Å². The van der Waals surface area contributed by atoms with Crippen molar-refractivity contribution in [3.63, 3.8) is 0 Å². The van der Waals surface area contributed by atoms with Gasteiger partial charge in [0.1, 0.15) is 5.75 Å². The molecule has 21 heavy (non-hydrogen) atoms. The minimum atomic E-state index is -0.729. The fourth-order valence-corrected chi connectivity index (χ4v) is 2.26. The second-order valence-corrected chi connectivity index (χ2v) is 5.41. The van der Waals surface area contributed by atoms with Crippen molar-refractivity contribution in [2.45, 2.75) is 25.4 Å². The van der Waals surface area contributed by atoms with Crippen molar-refractivity contribution in [3.8, 4) is 5.75 Å². The second kappa shape index (κ2) is 6.41. The number of carbonyl (C=O) groups is 1. The van der Waals surface area contributed by atoms with Gasteiger partial charge < -0.3 is 4.74 Å². The Labute approximate surface area is 124 Å². The molecule has 1 amide bonds. The van der Waals surface area contributed by atoms with Gasteiger partial charge in [0.25, 0.3) is 5.91 Å². The summed E-state index contributed by atoms with van der Waals surface area (Å²) < 4.78 is 5.89. The Morgan fingerprint density at radius 3 is 2.10 bits per heavy atom. The van der Waals surface area contributed by atoms with E-state index in [0.717, 1.165) is 5.56 Å². The van der Waals surface area contributed by atoms with E-state index in [9.17, 15) is 4.79 Å². The molecular weight excluding hydrogens is 264 g/mol. The molecule has 110 valence electrons. The summed E-state index contributed by atoms with van der Waals surface area (Å²) >= 11 is 0. The quantitative estimate of drug-likeness (QED) is 0.503. The first-order valence-corrected chi connectivity index (χ1v) is 6.83. The Bertz CT molecular complexity index is 582. The minimum absolute atomic E-state index is 0.354. The number of nitrogens with two attached hydrogens (primary N) is 1. The summed E-state index contributed by atoms with van der Waals surface area (Å²) in [6.45, 7) is 3.93. The maximum atomic E-state index is 12.2. The van der Waals surface area contributed by atoms with Gasteiger partial charge in [-0.3, -0.25) is 10.2 Å². The summed E-state index contributed by atoms with van der Waals surface area (Å²) in [5, 5.41) is 0. The number of hydrazine groups is 1. The van der Waals surface area contributed by atoms with Crippen LogP contribution < -0.4 is 16.0 Å². The van der Waals surface area contributed by atoms with Crippen LogP contribution in [0.4, 0.5) is 0 Å². The third kappa shape index (κ3) is 3.41. The van der Waals surface area contributed by atoms with E-state index in [4.69, 9.17) is 10.6 Å². The van der Waals surface area contributed by atoms with E-state index >= 15 is 0 Å². The smallest absolute Gasteiger partial charge is 0.275 e. The van der Waals surface area contributed by atoms with Gasteiger partial charge in [0.05, 0.1) is 0 Å². The van der Waals surface area contributed by atoms with Crippen LogP contribution in [0.1, 0.15) is 19.4 Å². The standard InChI is InChI=1S/C17H20N2O2/c1-17(2,13-9-5-3-6-10-13)15(16(20)19-18)21-14-11-7-4-8-12-14/h3-12,15H,18H2,1-2H3,(H,19,20). The highest BCUT2D eigenvalue weighted by molar-refractivity contribution is 5.82. The summed E-state index contributed by atoms with van der Waals surface area (Å²) in [4.78, 5) is 12.2. The van der Waals surface area contributed by atoms with E-state index in [2.05, 4.69) is 5.43 Å². The van der Waals surface area contributed by atoms with Gasteiger partial charge in [-0.25, -0.2) is 5.84 Å². The molecule has 4 heteroatoms. The summed E-state index contributed by atoms with van der Waals surface area (Å²) in [5.74, 6) is 5.60. The van der Waals surface area contributed by atoms with Gasteiger partial charge in [0.15, 0.2) is 6.10 Å². The SMILES string of the molecule is CC(C)(c1ccccc1)C(Oc1ccccc1)C(=O)NN. The molecular formula is C17H20N2O2. The van der Waals surface area contributed by atoms with E-state index in [1.165, 1.54) is 0 Å². The molecule has 2 aromatic carbocycles. The van der Waals surface area contributed by atoms with Gasteiger partial charge in [0.2, 0.25) is 0 Å². The number of amides is 1. The average molecular weight is 284 g/mol. The highest BCUT2D eigenvalue weighted by atomic mass is 16.5. The number of hydrogen-bond donors (Lipinski definition) is 2. The Morgan fingerprint density at radius 1 is 1.05 bits per heavy atom. The largest absolute Gasteiger partial charge is 0.480 e. The minimum Gasteiger partial charge on any atom is -0.480 e.